The van der Waals surface area contributed by atoms with E-state index in [2.05, 4.69) is 4.98 Å². The van der Waals surface area contributed by atoms with Gasteiger partial charge >= 0.3 is 11.8 Å². The second kappa shape index (κ2) is 4.17. The van der Waals surface area contributed by atoms with Gasteiger partial charge in [0, 0.05) is 12.5 Å². The van der Waals surface area contributed by atoms with Crippen LogP contribution in [-0.2, 0) is 0 Å². The molecule has 1 aromatic rings. The lowest BCUT2D eigenvalue weighted by Gasteiger charge is -2.05. The lowest BCUT2D eigenvalue weighted by Crippen LogP contribution is -2.10. The van der Waals surface area contributed by atoms with Crippen molar-refractivity contribution in [1.29, 1.82) is 0 Å². The standard InChI is InChI=1S/C8H6F2N2O4/c1-3-2-4(6(9)10)5(8(13)14)7(11-3)12(15)16/h2,6H,1H3,(H,13,14). The highest BCUT2D eigenvalue weighted by atomic mass is 19.3. The van der Waals surface area contributed by atoms with Gasteiger partial charge in [-0.15, -0.1) is 0 Å². The largest absolute Gasteiger partial charge is 0.477 e. The predicted octanol–water partition coefficient (Wildman–Crippen LogP) is 1.93. The molecule has 16 heavy (non-hydrogen) atoms. The quantitative estimate of drug-likeness (QED) is 0.634. The van der Waals surface area contributed by atoms with E-state index in [0.717, 1.165) is 6.07 Å². The van der Waals surface area contributed by atoms with Crippen molar-refractivity contribution in [3.05, 3.63) is 33.0 Å². The minimum Gasteiger partial charge on any atom is -0.477 e. The molecule has 1 N–H and O–H groups in total. The molecule has 0 aliphatic rings. The molecule has 0 spiro atoms. The average molecular weight is 232 g/mol. The van der Waals surface area contributed by atoms with E-state index in [0.29, 0.717) is 0 Å². The van der Waals surface area contributed by atoms with Crippen LogP contribution in [-0.4, -0.2) is 21.0 Å². The number of aryl methyl sites for hydroxylation is 1. The molecule has 1 heterocycles. The Kier molecular flexibility index (Phi) is 3.11. The maximum atomic E-state index is 12.5. The molecule has 6 nitrogen and oxygen atoms in total. The first kappa shape index (κ1) is 12.0. The van der Waals surface area contributed by atoms with E-state index in [-0.39, 0.29) is 5.69 Å². The van der Waals surface area contributed by atoms with Gasteiger partial charge in [-0.25, -0.2) is 13.6 Å². The van der Waals surface area contributed by atoms with E-state index >= 15 is 0 Å². The van der Waals surface area contributed by atoms with Gasteiger partial charge < -0.3 is 15.2 Å². The number of halogens is 2. The van der Waals surface area contributed by atoms with E-state index < -0.39 is 34.3 Å². The van der Waals surface area contributed by atoms with Gasteiger partial charge in [-0.3, -0.25) is 0 Å². The highest BCUT2D eigenvalue weighted by Gasteiger charge is 2.30. The van der Waals surface area contributed by atoms with Gasteiger partial charge in [0.05, 0.1) is 0 Å². The number of aromatic nitrogens is 1. The zero-order valence-corrected chi connectivity index (χ0v) is 7.98. The van der Waals surface area contributed by atoms with Gasteiger partial charge in [-0.05, 0) is 16.0 Å². The Morgan fingerprint density at radius 1 is 1.62 bits per heavy atom. The summed E-state index contributed by atoms with van der Waals surface area (Å²) in [4.78, 5) is 23.4. The second-order valence-electron chi connectivity index (χ2n) is 2.91. The lowest BCUT2D eigenvalue weighted by molar-refractivity contribution is -0.390. The molecule has 0 bridgehead atoms. The van der Waals surface area contributed by atoms with Gasteiger partial charge in [0.1, 0.15) is 0 Å². The molecule has 86 valence electrons. The summed E-state index contributed by atoms with van der Waals surface area (Å²) in [6, 6.07) is 0.821. The molecule has 0 radical (unpaired) electrons. The second-order valence-corrected chi connectivity index (χ2v) is 2.91. The summed E-state index contributed by atoms with van der Waals surface area (Å²) in [5.74, 6) is -2.86. The van der Waals surface area contributed by atoms with Gasteiger partial charge in [0.15, 0.2) is 11.3 Å². The topological polar surface area (TPSA) is 93.3 Å². The van der Waals surface area contributed by atoms with Crippen molar-refractivity contribution in [3.8, 4) is 0 Å². The Morgan fingerprint density at radius 3 is 2.56 bits per heavy atom. The first-order valence-electron chi connectivity index (χ1n) is 4.02. The number of nitrogens with zero attached hydrogens (tertiary/aromatic N) is 2. The fraction of sp³-hybridized carbons (Fsp3) is 0.250. The van der Waals surface area contributed by atoms with E-state index in [1.54, 1.807) is 0 Å². The summed E-state index contributed by atoms with van der Waals surface area (Å²) in [6.07, 6.45) is -3.11. The minimum absolute atomic E-state index is 0.0352. The summed E-state index contributed by atoms with van der Waals surface area (Å²) in [7, 11) is 0. The van der Waals surface area contributed by atoms with E-state index in [1.807, 2.05) is 0 Å². The molecule has 0 aliphatic carbocycles. The highest BCUT2D eigenvalue weighted by Crippen LogP contribution is 2.29. The van der Waals surface area contributed by atoms with Crippen LogP contribution in [0.15, 0.2) is 6.07 Å². The van der Waals surface area contributed by atoms with Crippen LogP contribution < -0.4 is 0 Å². The number of alkyl halides is 2. The number of rotatable bonds is 3. The molecule has 0 atom stereocenters. The third kappa shape index (κ3) is 2.10. The molecule has 8 heteroatoms. The monoisotopic (exact) mass is 232 g/mol. The van der Waals surface area contributed by atoms with Gasteiger partial charge in [-0.2, -0.15) is 0 Å². The van der Waals surface area contributed by atoms with Gasteiger partial charge in [0.25, 0.3) is 6.43 Å². The molecule has 0 saturated heterocycles. The molecular weight excluding hydrogens is 226 g/mol. The number of hydrogen-bond donors (Lipinski definition) is 1. The fourth-order valence-electron chi connectivity index (χ4n) is 1.20. The Bertz CT molecular complexity index is 462. The Balaban J connectivity index is 3.60. The fourth-order valence-corrected chi connectivity index (χ4v) is 1.20. The number of carbonyl (C=O) groups is 1. The molecule has 0 saturated carbocycles. The molecule has 0 fully saturated rings. The van der Waals surface area contributed by atoms with Crippen molar-refractivity contribution >= 4 is 11.8 Å². The first-order chi connectivity index (χ1) is 7.34. The molecular formula is C8H6F2N2O4. The van der Waals surface area contributed by atoms with E-state index in [1.165, 1.54) is 6.92 Å². The van der Waals surface area contributed by atoms with Crippen LogP contribution >= 0.6 is 0 Å². The number of carboxylic acid groups (broad SMARTS) is 1. The third-order valence-corrected chi connectivity index (χ3v) is 1.78. The Labute approximate surface area is 87.7 Å². The summed E-state index contributed by atoms with van der Waals surface area (Å²) < 4.78 is 25.0. The Morgan fingerprint density at radius 2 is 2.19 bits per heavy atom. The number of pyridine rings is 1. The molecule has 0 amide bonds. The SMILES string of the molecule is Cc1cc(C(F)F)c(C(=O)O)c([N+](=O)[O-])n1. The van der Waals surface area contributed by atoms with E-state index in [9.17, 15) is 23.7 Å². The number of carboxylic acids is 1. The third-order valence-electron chi connectivity index (χ3n) is 1.78. The molecule has 0 aromatic carbocycles. The maximum Gasteiger partial charge on any atom is 0.378 e. The van der Waals surface area contributed by atoms with Crippen molar-refractivity contribution in [2.24, 2.45) is 0 Å². The van der Waals surface area contributed by atoms with Gasteiger partial charge in [0.2, 0.25) is 0 Å². The zero-order chi connectivity index (χ0) is 12.5. The van der Waals surface area contributed by atoms with Crippen molar-refractivity contribution in [1.82, 2.24) is 4.98 Å². The zero-order valence-electron chi connectivity index (χ0n) is 7.98. The van der Waals surface area contributed by atoms with Crippen LogP contribution in [0, 0.1) is 17.0 Å². The van der Waals surface area contributed by atoms with Crippen LogP contribution in [0.25, 0.3) is 0 Å². The van der Waals surface area contributed by atoms with Crippen molar-refractivity contribution in [3.63, 3.8) is 0 Å². The summed E-state index contributed by atoms with van der Waals surface area (Å²) in [5.41, 5.74) is -2.00. The minimum atomic E-state index is -3.11. The van der Waals surface area contributed by atoms with Crippen LogP contribution in [0.5, 0.6) is 0 Å². The van der Waals surface area contributed by atoms with Crippen molar-refractivity contribution in [2.45, 2.75) is 13.3 Å². The number of hydrogen-bond acceptors (Lipinski definition) is 4. The molecule has 0 unspecified atom stereocenters. The highest BCUT2D eigenvalue weighted by molar-refractivity contribution is 5.93. The average Bonchev–Trinajstić information content (AvgIpc) is 2.15. The Hall–Kier alpha value is -2.12. The lowest BCUT2D eigenvalue weighted by atomic mass is 10.1. The normalized spacial score (nSPS) is 10.5. The van der Waals surface area contributed by atoms with Gasteiger partial charge in [-0.1, -0.05) is 0 Å². The van der Waals surface area contributed by atoms with Crippen LogP contribution in [0.4, 0.5) is 14.6 Å². The molecule has 0 aliphatic heterocycles. The van der Waals surface area contributed by atoms with Crippen LogP contribution in [0.3, 0.4) is 0 Å². The number of aromatic carboxylic acids is 1. The molecule has 1 aromatic heterocycles. The summed E-state index contributed by atoms with van der Waals surface area (Å²) >= 11 is 0. The predicted molar refractivity (Wildman–Crippen MR) is 47.5 cm³/mol. The van der Waals surface area contributed by atoms with Crippen molar-refractivity contribution in [2.75, 3.05) is 0 Å². The smallest absolute Gasteiger partial charge is 0.378 e. The van der Waals surface area contributed by atoms with Crippen molar-refractivity contribution < 1.29 is 23.6 Å². The van der Waals surface area contributed by atoms with Crippen LogP contribution in [0.2, 0.25) is 0 Å². The maximum absolute atomic E-state index is 12.5. The first-order valence-corrected chi connectivity index (χ1v) is 4.02. The van der Waals surface area contributed by atoms with E-state index in [4.69, 9.17) is 5.11 Å². The summed E-state index contributed by atoms with van der Waals surface area (Å²) in [6.45, 7) is 1.27. The summed E-state index contributed by atoms with van der Waals surface area (Å²) in [5, 5.41) is 19.1. The molecule has 1 rings (SSSR count). The number of nitro groups is 1. The van der Waals surface area contributed by atoms with Crippen LogP contribution in [0.1, 0.15) is 28.0 Å².